The quantitative estimate of drug-likeness (QED) is 0.718. The minimum atomic E-state index is -3.12. The first kappa shape index (κ1) is 19.2. The van der Waals surface area contributed by atoms with Crippen molar-refractivity contribution >= 4 is 33.0 Å². The number of fused-ring (bicyclic) bond motifs is 2. The lowest BCUT2D eigenvalue weighted by molar-refractivity contribution is -0.132. The molecular formula is C19H25ClN2O3S. The fourth-order valence-electron chi connectivity index (χ4n) is 4.11. The molecule has 0 radical (unpaired) electrons. The van der Waals surface area contributed by atoms with E-state index in [2.05, 4.69) is 23.6 Å². The van der Waals surface area contributed by atoms with Gasteiger partial charge in [0, 0.05) is 55.0 Å². The number of amides is 1. The van der Waals surface area contributed by atoms with E-state index in [4.69, 9.17) is 11.6 Å². The number of halogens is 1. The normalized spacial score (nSPS) is 18.8. The summed E-state index contributed by atoms with van der Waals surface area (Å²) in [6, 6.07) is 6.04. The summed E-state index contributed by atoms with van der Waals surface area (Å²) < 4.78 is 22.6. The Morgan fingerprint density at radius 2 is 2.04 bits per heavy atom. The van der Waals surface area contributed by atoms with Gasteiger partial charge in [-0.3, -0.25) is 4.79 Å². The van der Waals surface area contributed by atoms with Gasteiger partial charge in [-0.2, -0.15) is 0 Å². The number of carbonyl (C=O) groups excluding carboxylic acids is 1. The zero-order chi connectivity index (χ0) is 18.9. The van der Waals surface area contributed by atoms with Crippen molar-refractivity contribution in [1.29, 1.82) is 0 Å². The molecule has 0 aliphatic carbocycles. The highest BCUT2D eigenvalue weighted by Gasteiger charge is 2.45. The summed E-state index contributed by atoms with van der Waals surface area (Å²) in [6.45, 7) is 6.84. The number of sulfone groups is 1. The van der Waals surface area contributed by atoms with Crippen LogP contribution in [-0.2, 0) is 20.0 Å². The largest absolute Gasteiger partial charge is 0.367 e. The van der Waals surface area contributed by atoms with Crippen LogP contribution in [0.15, 0.2) is 30.9 Å². The van der Waals surface area contributed by atoms with Crippen molar-refractivity contribution in [2.45, 2.75) is 24.7 Å². The number of nitrogens with zero attached hydrogens (tertiary/aromatic N) is 2. The lowest BCUT2D eigenvalue weighted by atomic mass is 9.74. The Morgan fingerprint density at radius 3 is 2.65 bits per heavy atom. The van der Waals surface area contributed by atoms with Crippen LogP contribution in [0.1, 0.15) is 24.8 Å². The molecule has 7 heteroatoms. The third-order valence-corrected chi connectivity index (χ3v) is 6.65. The second kappa shape index (κ2) is 7.24. The lowest BCUT2D eigenvalue weighted by Crippen LogP contribution is -2.47. The first-order valence-electron chi connectivity index (χ1n) is 8.85. The van der Waals surface area contributed by atoms with E-state index in [0.29, 0.717) is 13.1 Å². The number of hydrogen-bond donors (Lipinski definition) is 0. The van der Waals surface area contributed by atoms with Crippen LogP contribution in [0, 0.1) is 0 Å². The topological polar surface area (TPSA) is 57.7 Å². The van der Waals surface area contributed by atoms with E-state index in [9.17, 15) is 13.2 Å². The van der Waals surface area contributed by atoms with Crippen LogP contribution >= 0.6 is 11.6 Å². The van der Waals surface area contributed by atoms with Gasteiger partial charge >= 0.3 is 0 Å². The van der Waals surface area contributed by atoms with E-state index >= 15 is 0 Å². The number of benzene rings is 1. The second-order valence-corrected chi connectivity index (χ2v) is 10.1. The smallest absolute Gasteiger partial charge is 0.223 e. The van der Waals surface area contributed by atoms with Crippen LogP contribution in [0.2, 0.25) is 5.02 Å². The highest BCUT2D eigenvalue weighted by Crippen LogP contribution is 2.47. The van der Waals surface area contributed by atoms with Crippen LogP contribution in [0.5, 0.6) is 0 Å². The molecule has 2 aliphatic rings. The van der Waals surface area contributed by atoms with Crippen LogP contribution in [0.3, 0.4) is 0 Å². The molecule has 0 unspecified atom stereocenters. The Morgan fingerprint density at radius 1 is 1.35 bits per heavy atom. The first-order chi connectivity index (χ1) is 12.2. The van der Waals surface area contributed by atoms with E-state index in [1.807, 2.05) is 12.1 Å². The number of piperidine rings is 1. The number of rotatable bonds is 5. The maximum absolute atomic E-state index is 12.3. The highest BCUT2D eigenvalue weighted by atomic mass is 35.5. The van der Waals surface area contributed by atoms with Gasteiger partial charge in [-0.05, 0) is 36.6 Å². The van der Waals surface area contributed by atoms with Crippen molar-refractivity contribution in [3.05, 3.63) is 41.4 Å². The number of carbonyl (C=O) groups is 1. The summed E-state index contributed by atoms with van der Waals surface area (Å²) in [7, 11) is -3.12. The van der Waals surface area contributed by atoms with Gasteiger partial charge in [-0.1, -0.05) is 17.7 Å². The number of anilines is 1. The third-order valence-electron chi connectivity index (χ3n) is 5.47. The fourth-order valence-corrected chi connectivity index (χ4v) is 4.82. The molecule has 0 saturated carbocycles. The molecule has 2 heterocycles. The van der Waals surface area contributed by atoms with Crippen molar-refractivity contribution in [2.75, 3.05) is 43.1 Å². The average molecular weight is 397 g/mol. The summed E-state index contributed by atoms with van der Waals surface area (Å²) in [6.07, 6.45) is 4.86. The molecule has 3 rings (SSSR count). The summed E-state index contributed by atoms with van der Waals surface area (Å²) in [4.78, 5) is 16.5. The van der Waals surface area contributed by atoms with Crippen LogP contribution < -0.4 is 4.90 Å². The van der Waals surface area contributed by atoms with Gasteiger partial charge < -0.3 is 9.80 Å². The summed E-state index contributed by atoms with van der Waals surface area (Å²) in [5.41, 5.74) is 2.46. The molecule has 1 fully saturated rings. The van der Waals surface area contributed by atoms with Gasteiger partial charge in [-0.25, -0.2) is 8.42 Å². The number of likely N-dealkylation sites (tertiary alicyclic amines) is 1. The molecule has 2 aliphatic heterocycles. The molecule has 1 aromatic carbocycles. The van der Waals surface area contributed by atoms with Crippen LogP contribution in [0.25, 0.3) is 0 Å². The molecule has 26 heavy (non-hydrogen) atoms. The molecule has 0 N–H and O–H groups in total. The van der Waals surface area contributed by atoms with Gasteiger partial charge in [0.05, 0.1) is 5.75 Å². The van der Waals surface area contributed by atoms with Crippen LogP contribution in [-0.4, -0.2) is 57.4 Å². The van der Waals surface area contributed by atoms with Crippen molar-refractivity contribution in [3.8, 4) is 0 Å². The average Bonchev–Trinajstić information content (AvgIpc) is 2.86. The molecule has 1 amide bonds. The Bertz CT molecular complexity index is 814. The maximum atomic E-state index is 12.3. The Kier molecular flexibility index (Phi) is 5.35. The Balaban J connectivity index is 1.73. The zero-order valence-electron chi connectivity index (χ0n) is 15.1. The lowest BCUT2D eigenvalue weighted by Gasteiger charge is -2.40. The zero-order valence-corrected chi connectivity index (χ0v) is 16.7. The molecule has 0 bridgehead atoms. The molecule has 1 saturated heterocycles. The SMILES string of the molecule is C=CCN1CC2(CCN(C(=O)CCS(C)(=O)=O)CC2)c2cc(Cl)ccc21. The van der Waals surface area contributed by atoms with Gasteiger partial charge in [0.25, 0.3) is 0 Å². The maximum Gasteiger partial charge on any atom is 0.223 e. The Labute approximate surface area is 160 Å². The van der Waals surface area contributed by atoms with Crippen molar-refractivity contribution in [2.24, 2.45) is 0 Å². The van der Waals surface area contributed by atoms with E-state index in [-0.39, 0.29) is 23.5 Å². The van der Waals surface area contributed by atoms with Gasteiger partial charge in [0.2, 0.25) is 5.91 Å². The standard InChI is InChI=1S/C19H25ClN2O3S/c1-3-9-22-14-19(16-13-15(20)4-5-17(16)22)7-10-21(11-8-19)18(23)6-12-26(2,24)25/h3-5,13H,1,6-12,14H2,2H3. The van der Waals surface area contributed by atoms with Gasteiger partial charge in [0.1, 0.15) is 9.84 Å². The first-order valence-corrected chi connectivity index (χ1v) is 11.3. The molecule has 142 valence electrons. The monoisotopic (exact) mass is 396 g/mol. The van der Waals surface area contributed by atoms with Crippen LogP contribution in [0.4, 0.5) is 5.69 Å². The van der Waals surface area contributed by atoms with E-state index in [1.54, 1.807) is 4.90 Å². The number of hydrogen-bond acceptors (Lipinski definition) is 4. The molecular weight excluding hydrogens is 372 g/mol. The Hall–Kier alpha value is -1.53. The highest BCUT2D eigenvalue weighted by molar-refractivity contribution is 7.90. The minimum Gasteiger partial charge on any atom is -0.367 e. The summed E-state index contributed by atoms with van der Waals surface area (Å²) in [5, 5.41) is 0.732. The van der Waals surface area contributed by atoms with Gasteiger partial charge in [0.15, 0.2) is 0 Å². The third kappa shape index (κ3) is 3.91. The molecule has 1 aromatic rings. The van der Waals surface area contributed by atoms with E-state index in [0.717, 1.165) is 31.0 Å². The predicted molar refractivity (Wildman–Crippen MR) is 106 cm³/mol. The summed E-state index contributed by atoms with van der Waals surface area (Å²) >= 11 is 6.25. The summed E-state index contributed by atoms with van der Waals surface area (Å²) in [5.74, 6) is -0.156. The van der Waals surface area contributed by atoms with Crippen molar-refractivity contribution in [1.82, 2.24) is 4.90 Å². The van der Waals surface area contributed by atoms with E-state index < -0.39 is 9.84 Å². The molecule has 0 atom stereocenters. The van der Waals surface area contributed by atoms with Crippen molar-refractivity contribution < 1.29 is 13.2 Å². The molecule has 1 spiro atoms. The fraction of sp³-hybridized carbons (Fsp3) is 0.526. The molecule has 5 nitrogen and oxygen atoms in total. The molecule has 0 aromatic heterocycles. The second-order valence-electron chi connectivity index (χ2n) is 7.37. The minimum absolute atomic E-state index is 0.00312. The predicted octanol–water partition coefficient (Wildman–Crippen LogP) is 2.64. The van der Waals surface area contributed by atoms with E-state index in [1.165, 1.54) is 17.5 Å². The van der Waals surface area contributed by atoms with Gasteiger partial charge in [-0.15, -0.1) is 6.58 Å². The van der Waals surface area contributed by atoms with Crippen molar-refractivity contribution in [3.63, 3.8) is 0 Å².